The summed E-state index contributed by atoms with van der Waals surface area (Å²) in [5.74, 6) is 0.348. The number of hydrogen-bond donors (Lipinski definition) is 0. The van der Waals surface area contributed by atoms with Gasteiger partial charge >= 0.3 is 5.97 Å². The van der Waals surface area contributed by atoms with Crippen LogP contribution in [0.5, 0.6) is 5.75 Å². The van der Waals surface area contributed by atoms with E-state index in [-0.39, 0.29) is 12.6 Å². The summed E-state index contributed by atoms with van der Waals surface area (Å²) in [6.45, 7) is 9.75. The molecule has 2 aromatic carbocycles. The van der Waals surface area contributed by atoms with Gasteiger partial charge in [-0.25, -0.2) is 4.79 Å². The van der Waals surface area contributed by atoms with Crippen LogP contribution in [0.4, 0.5) is 0 Å². The van der Waals surface area contributed by atoms with Gasteiger partial charge in [0.25, 0.3) is 0 Å². The fraction of sp³-hybridized carbons (Fsp3) is 0.136. The molecular formula is C22H22O3. The highest BCUT2D eigenvalue weighted by atomic mass is 16.5. The van der Waals surface area contributed by atoms with E-state index < -0.39 is 0 Å². The molecule has 0 aliphatic carbocycles. The highest BCUT2D eigenvalue weighted by molar-refractivity contribution is 6.24. The Bertz CT molecular complexity index is 756. The van der Waals surface area contributed by atoms with E-state index in [2.05, 4.69) is 13.2 Å². The third kappa shape index (κ3) is 4.95. The van der Waals surface area contributed by atoms with Crippen LogP contribution in [0, 0.1) is 0 Å². The molecular weight excluding hydrogens is 312 g/mol. The summed E-state index contributed by atoms with van der Waals surface area (Å²) < 4.78 is 10.8. The lowest BCUT2D eigenvalue weighted by Crippen LogP contribution is -2.09. The van der Waals surface area contributed by atoms with Gasteiger partial charge in [0.15, 0.2) is 0 Å². The molecule has 3 heteroatoms. The quantitative estimate of drug-likeness (QED) is 0.298. The Morgan fingerprint density at radius 3 is 2.16 bits per heavy atom. The fourth-order valence-electron chi connectivity index (χ4n) is 2.40. The minimum Gasteiger partial charge on any atom is -0.490 e. The van der Waals surface area contributed by atoms with Crippen LogP contribution in [0.3, 0.4) is 0 Å². The summed E-state index contributed by atoms with van der Waals surface area (Å²) in [6, 6.07) is 17.1. The molecule has 0 unspecified atom stereocenters. The average Bonchev–Trinajstić information content (AvgIpc) is 2.66. The van der Waals surface area contributed by atoms with Crippen molar-refractivity contribution in [2.75, 3.05) is 13.2 Å². The number of esters is 1. The van der Waals surface area contributed by atoms with Crippen LogP contribution in [-0.4, -0.2) is 19.2 Å². The molecule has 0 amide bonds. The number of ether oxygens (including phenoxy) is 2. The first kappa shape index (κ1) is 18.3. The molecule has 128 valence electrons. The van der Waals surface area contributed by atoms with E-state index >= 15 is 0 Å². The van der Waals surface area contributed by atoms with Gasteiger partial charge in [-0.1, -0.05) is 67.8 Å². The Hall–Kier alpha value is -3.07. The SMILES string of the molecule is C=CCOC(=O)/C(=C(\C)c1ccccc1)c1ccc(OCC=C)cc1. The zero-order valence-electron chi connectivity index (χ0n) is 14.4. The lowest BCUT2D eigenvalue weighted by Gasteiger charge is -2.13. The molecule has 25 heavy (non-hydrogen) atoms. The lowest BCUT2D eigenvalue weighted by molar-refractivity contribution is -0.135. The number of carbonyl (C=O) groups is 1. The molecule has 2 rings (SSSR count). The summed E-state index contributed by atoms with van der Waals surface area (Å²) in [5, 5.41) is 0. The number of allylic oxidation sites excluding steroid dienone is 1. The monoisotopic (exact) mass is 334 g/mol. The molecule has 0 N–H and O–H groups in total. The normalized spacial score (nSPS) is 11.2. The van der Waals surface area contributed by atoms with Crippen molar-refractivity contribution in [3.63, 3.8) is 0 Å². The van der Waals surface area contributed by atoms with Crippen molar-refractivity contribution >= 4 is 17.1 Å². The van der Waals surface area contributed by atoms with Crippen molar-refractivity contribution in [2.24, 2.45) is 0 Å². The van der Waals surface area contributed by atoms with Gasteiger partial charge in [-0.05, 0) is 35.8 Å². The fourth-order valence-corrected chi connectivity index (χ4v) is 2.40. The maximum Gasteiger partial charge on any atom is 0.339 e. The largest absolute Gasteiger partial charge is 0.490 e. The average molecular weight is 334 g/mol. The van der Waals surface area contributed by atoms with Crippen LogP contribution in [0.15, 0.2) is 79.9 Å². The van der Waals surface area contributed by atoms with E-state index in [0.29, 0.717) is 12.2 Å². The zero-order valence-corrected chi connectivity index (χ0v) is 14.4. The van der Waals surface area contributed by atoms with Gasteiger partial charge < -0.3 is 9.47 Å². The predicted molar refractivity (Wildman–Crippen MR) is 102 cm³/mol. The number of benzene rings is 2. The summed E-state index contributed by atoms with van der Waals surface area (Å²) in [6.07, 6.45) is 3.24. The van der Waals surface area contributed by atoms with Crippen molar-refractivity contribution in [1.82, 2.24) is 0 Å². The molecule has 0 atom stereocenters. The molecule has 3 nitrogen and oxygen atoms in total. The molecule has 0 fully saturated rings. The van der Waals surface area contributed by atoms with Gasteiger partial charge in [-0.3, -0.25) is 0 Å². The second-order valence-electron chi connectivity index (χ2n) is 5.38. The maximum absolute atomic E-state index is 12.6. The minimum atomic E-state index is -0.374. The van der Waals surface area contributed by atoms with Gasteiger partial charge in [-0.2, -0.15) is 0 Å². The maximum atomic E-state index is 12.6. The van der Waals surface area contributed by atoms with Crippen molar-refractivity contribution in [3.05, 3.63) is 91.0 Å². The third-order valence-corrected chi connectivity index (χ3v) is 3.63. The molecule has 0 spiro atoms. The first-order valence-corrected chi connectivity index (χ1v) is 8.05. The van der Waals surface area contributed by atoms with Crippen molar-refractivity contribution in [1.29, 1.82) is 0 Å². The summed E-state index contributed by atoms with van der Waals surface area (Å²) in [5.41, 5.74) is 3.14. The van der Waals surface area contributed by atoms with E-state index in [1.807, 2.05) is 61.5 Å². The molecule has 0 heterocycles. The molecule has 0 saturated heterocycles. The first-order valence-electron chi connectivity index (χ1n) is 8.05. The predicted octanol–water partition coefficient (Wildman–Crippen LogP) is 4.91. The number of carbonyl (C=O) groups excluding carboxylic acids is 1. The summed E-state index contributed by atoms with van der Waals surface area (Å²) in [4.78, 5) is 12.6. The van der Waals surface area contributed by atoms with E-state index in [1.165, 1.54) is 0 Å². The first-order chi connectivity index (χ1) is 12.2. The second-order valence-corrected chi connectivity index (χ2v) is 5.38. The Balaban J connectivity index is 2.42. The Kier molecular flexibility index (Phi) is 6.78. The zero-order chi connectivity index (χ0) is 18.1. The second kappa shape index (κ2) is 9.28. The van der Waals surface area contributed by atoms with E-state index in [4.69, 9.17) is 9.47 Å². The summed E-state index contributed by atoms with van der Waals surface area (Å²) in [7, 11) is 0. The number of hydrogen-bond acceptors (Lipinski definition) is 3. The highest BCUT2D eigenvalue weighted by Crippen LogP contribution is 2.28. The third-order valence-electron chi connectivity index (χ3n) is 3.63. The molecule has 0 aromatic heterocycles. The smallest absolute Gasteiger partial charge is 0.339 e. The topological polar surface area (TPSA) is 35.5 Å². The van der Waals surface area contributed by atoms with Crippen LogP contribution in [0.25, 0.3) is 11.1 Å². The van der Waals surface area contributed by atoms with E-state index in [9.17, 15) is 4.79 Å². The standard InChI is InChI=1S/C22H22O3/c1-4-15-24-20-13-11-19(12-14-20)21(22(23)25-16-5-2)17(3)18-9-7-6-8-10-18/h4-14H,1-2,15-16H2,3H3/b21-17+. The Morgan fingerprint density at radius 1 is 0.920 bits per heavy atom. The van der Waals surface area contributed by atoms with Crippen LogP contribution >= 0.6 is 0 Å². The van der Waals surface area contributed by atoms with E-state index in [1.54, 1.807) is 12.2 Å². The van der Waals surface area contributed by atoms with Crippen molar-refractivity contribution < 1.29 is 14.3 Å². The van der Waals surface area contributed by atoms with Gasteiger partial charge in [0.1, 0.15) is 19.0 Å². The van der Waals surface area contributed by atoms with Gasteiger partial charge in [-0.15, -0.1) is 0 Å². The minimum absolute atomic E-state index is 0.172. The van der Waals surface area contributed by atoms with Gasteiger partial charge in [0, 0.05) is 0 Å². The molecule has 2 aromatic rings. The van der Waals surface area contributed by atoms with Gasteiger partial charge in [0.2, 0.25) is 0 Å². The highest BCUT2D eigenvalue weighted by Gasteiger charge is 2.17. The van der Waals surface area contributed by atoms with Crippen LogP contribution in [0.1, 0.15) is 18.1 Å². The lowest BCUT2D eigenvalue weighted by atomic mass is 9.95. The van der Waals surface area contributed by atoms with Crippen molar-refractivity contribution in [3.8, 4) is 5.75 Å². The van der Waals surface area contributed by atoms with Crippen LogP contribution in [0.2, 0.25) is 0 Å². The molecule has 0 saturated carbocycles. The Labute approximate surface area is 148 Å². The number of rotatable bonds is 8. The van der Waals surface area contributed by atoms with E-state index in [0.717, 1.165) is 22.4 Å². The van der Waals surface area contributed by atoms with Crippen molar-refractivity contribution in [2.45, 2.75) is 6.92 Å². The molecule has 0 bridgehead atoms. The molecule has 0 aliphatic rings. The van der Waals surface area contributed by atoms with Crippen LogP contribution in [-0.2, 0) is 9.53 Å². The molecule has 0 aliphatic heterocycles. The van der Waals surface area contributed by atoms with Crippen LogP contribution < -0.4 is 4.74 Å². The Morgan fingerprint density at radius 2 is 1.56 bits per heavy atom. The van der Waals surface area contributed by atoms with Gasteiger partial charge in [0.05, 0.1) is 5.57 Å². The summed E-state index contributed by atoms with van der Waals surface area (Å²) >= 11 is 0. The molecule has 0 radical (unpaired) electrons.